The van der Waals surface area contributed by atoms with Crippen LogP contribution < -0.4 is 0 Å². The van der Waals surface area contributed by atoms with Gasteiger partial charge in [0.05, 0.1) is 32.5 Å². The summed E-state index contributed by atoms with van der Waals surface area (Å²) in [6.07, 6.45) is 4.03. The smallest absolute Gasteiger partial charge is 0.337 e. The zero-order chi connectivity index (χ0) is 28.7. The normalized spacial score (nSPS) is 11.8. The number of hydrogen-bond acceptors (Lipinski definition) is 6. The summed E-state index contributed by atoms with van der Waals surface area (Å²) in [6.45, 7) is 4.92. The first kappa shape index (κ1) is 31.3. The minimum absolute atomic E-state index is 0.0135. The lowest BCUT2D eigenvalue weighted by Gasteiger charge is -2.26. The van der Waals surface area contributed by atoms with E-state index in [0.29, 0.717) is 18.6 Å². The Kier molecular flexibility index (Phi) is 13.2. The quantitative estimate of drug-likeness (QED) is 0.143. The molecule has 0 aliphatic carbocycles. The molecule has 214 valence electrons. The van der Waals surface area contributed by atoms with Crippen LogP contribution in [0.25, 0.3) is 0 Å². The van der Waals surface area contributed by atoms with Gasteiger partial charge >= 0.3 is 11.9 Å². The van der Waals surface area contributed by atoms with Gasteiger partial charge < -0.3 is 14.2 Å². The van der Waals surface area contributed by atoms with Crippen molar-refractivity contribution in [1.82, 2.24) is 4.90 Å². The monoisotopic (exact) mass is 565 g/mol. The van der Waals surface area contributed by atoms with Crippen molar-refractivity contribution in [3.8, 4) is 0 Å². The first-order valence-electron chi connectivity index (χ1n) is 13.8. The summed E-state index contributed by atoms with van der Waals surface area (Å²) in [6, 6.07) is 24.1. The summed E-state index contributed by atoms with van der Waals surface area (Å²) in [7, 11) is 2.80. The summed E-state index contributed by atoms with van der Waals surface area (Å²) in [5, 5.41) is 0.762. The van der Waals surface area contributed by atoms with E-state index >= 15 is 0 Å². The molecule has 0 aliphatic heterocycles. The Morgan fingerprint density at radius 3 is 1.95 bits per heavy atom. The van der Waals surface area contributed by atoms with E-state index in [4.69, 9.17) is 25.8 Å². The zero-order valence-corrected chi connectivity index (χ0v) is 24.5. The summed E-state index contributed by atoms with van der Waals surface area (Å²) in [5.41, 5.74) is 5.35. The van der Waals surface area contributed by atoms with Crippen LogP contribution in [0.3, 0.4) is 0 Å². The number of carbonyl (C=O) groups is 2. The van der Waals surface area contributed by atoms with E-state index < -0.39 is 0 Å². The molecule has 0 unspecified atom stereocenters. The fourth-order valence-electron chi connectivity index (χ4n) is 4.46. The Morgan fingerprint density at radius 2 is 1.35 bits per heavy atom. The molecule has 0 saturated carbocycles. The average Bonchev–Trinajstić information content (AvgIpc) is 2.98. The van der Waals surface area contributed by atoms with Gasteiger partial charge in [-0.1, -0.05) is 60.1 Å². The second-order valence-corrected chi connectivity index (χ2v) is 10.5. The summed E-state index contributed by atoms with van der Waals surface area (Å²) >= 11 is 5.98. The number of ether oxygens (including phenoxy) is 3. The SMILES string of the molecule is COC(=O)CCCCN(Cc1ccc(C(=O)OC)cc1)C[C@@H](C)OCc1ccc(CCc2ccc(Cl)cc2)cc1. The highest BCUT2D eigenvalue weighted by molar-refractivity contribution is 6.30. The van der Waals surface area contributed by atoms with Crippen LogP contribution in [0.5, 0.6) is 0 Å². The predicted octanol–water partition coefficient (Wildman–Crippen LogP) is 6.66. The maximum Gasteiger partial charge on any atom is 0.337 e. The fraction of sp³-hybridized carbons (Fsp3) is 0.394. The van der Waals surface area contributed by atoms with Crippen molar-refractivity contribution >= 4 is 23.5 Å². The first-order valence-corrected chi connectivity index (χ1v) is 14.1. The molecule has 0 aliphatic rings. The lowest BCUT2D eigenvalue weighted by molar-refractivity contribution is -0.140. The van der Waals surface area contributed by atoms with Gasteiger partial charge in [0.15, 0.2) is 0 Å². The van der Waals surface area contributed by atoms with E-state index in [1.165, 1.54) is 25.3 Å². The van der Waals surface area contributed by atoms with E-state index in [1.54, 1.807) is 12.1 Å². The topological polar surface area (TPSA) is 65.1 Å². The standard InChI is InChI=1S/C33H40ClNO5/c1-25(40-24-29-11-9-26(10-12-29)7-8-27-15-19-31(34)20-16-27)22-35(21-5-4-6-32(36)38-2)23-28-13-17-30(18-14-28)33(37)39-3/h9-20,25H,4-8,21-24H2,1-3H3/t25-/m1/s1. The summed E-state index contributed by atoms with van der Waals surface area (Å²) < 4.78 is 15.8. The van der Waals surface area contributed by atoms with Crippen LogP contribution in [-0.4, -0.2) is 50.3 Å². The largest absolute Gasteiger partial charge is 0.469 e. The number of methoxy groups -OCH3 is 2. The summed E-state index contributed by atoms with van der Waals surface area (Å²) in [5.74, 6) is -0.527. The van der Waals surface area contributed by atoms with Crippen molar-refractivity contribution in [3.05, 3.63) is 106 Å². The van der Waals surface area contributed by atoms with Crippen molar-refractivity contribution in [2.24, 2.45) is 0 Å². The Labute approximate surface area is 243 Å². The van der Waals surface area contributed by atoms with Gasteiger partial charge in [-0.2, -0.15) is 0 Å². The van der Waals surface area contributed by atoms with E-state index in [2.05, 4.69) is 48.2 Å². The van der Waals surface area contributed by atoms with Crippen LogP contribution in [0.2, 0.25) is 5.02 Å². The molecule has 0 N–H and O–H groups in total. The molecule has 0 radical (unpaired) electrons. The van der Waals surface area contributed by atoms with Gasteiger partial charge in [0, 0.05) is 24.5 Å². The molecule has 1 atom stereocenters. The minimum atomic E-state index is -0.345. The molecule has 40 heavy (non-hydrogen) atoms. The molecular weight excluding hydrogens is 526 g/mol. The van der Waals surface area contributed by atoms with Crippen molar-refractivity contribution in [3.63, 3.8) is 0 Å². The van der Waals surface area contributed by atoms with Crippen molar-refractivity contribution in [2.45, 2.75) is 58.3 Å². The number of hydrogen-bond donors (Lipinski definition) is 0. The molecule has 0 bridgehead atoms. The van der Waals surface area contributed by atoms with Gasteiger partial charge in [-0.15, -0.1) is 0 Å². The molecule has 3 rings (SSSR count). The molecule has 0 fully saturated rings. The Morgan fingerprint density at radius 1 is 0.775 bits per heavy atom. The third kappa shape index (κ3) is 11.1. The van der Waals surface area contributed by atoms with E-state index in [9.17, 15) is 9.59 Å². The molecule has 7 heteroatoms. The number of benzene rings is 3. The third-order valence-electron chi connectivity index (χ3n) is 6.80. The second kappa shape index (κ2) is 16.8. The highest BCUT2D eigenvalue weighted by Gasteiger charge is 2.13. The fourth-order valence-corrected chi connectivity index (χ4v) is 4.59. The van der Waals surface area contributed by atoms with Crippen molar-refractivity contribution < 1.29 is 23.8 Å². The van der Waals surface area contributed by atoms with Crippen LogP contribution in [0.1, 0.15) is 58.8 Å². The molecule has 6 nitrogen and oxygen atoms in total. The van der Waals surface area contributed by atoms with Gasteiger partial charge in [0.1, 0.15) is 0 Å². The molecular formula is C33H40ClNO5. The number of carbonyl (C=O) groups excluding carboxylic acids is 2. The van der Waals surface area contributed by atoms with Gasteiger partial charge in [0.2, 0.25) is 0 Å². The number of halogens is 1. The maximum absolute atomic E-state index is 11.8. The van der Waals surface area contributed by atoms with Gasteiger partial charge in [0.25, 0.3) is 0 Å². The Hall–Kier alpha value is -3.19. The second-order valence-electron chi connectivity index (χ2n) is 10.0. The molecule has 3 aromatic carbocycles. The van der Waals surface area contributed by atoms with Crippen LogP contribution in [0.15, 0.2) is 72.8 Å². The lowest BCUT2D eigenvalue weighted by atomic mass is 10.0. The van der Waals surface area contributed by atoms with Crippen LogP contribution in [0, 0.1) is 0 Å². The number of esters is 2. The maximum atomic E-state index is 11.8. The summed E-state index contributed by atoms with van der Waals surface area (Å²) in [4.78, 5) is 25.6. The highest BCUT2D eigenvalue weighted by atomic mass is 35.5. The molecule has 3 aromatic rings. The zero-order valence-electron chi connectivity index (χ0n) is 23.7. The molecule has 0 aromatic heterocycles. The van der Waals surface area contributed by atoms with Crippen LogP contribution >= 0.6 is 11.6 Å². The van der Waals surface area contributed by atoms with Gasteiger partial charge in [-0.05, 0) is 85.7 Å². The van der Waals surface area contributed by atoms with Crippen LogP contribution in [-0.2, 0) is 45.0 Å². The minimum Gasteiger partial charge on any atom is -0.469 e. The first-order chi connectivity index (χ1) is 19.4. The number of rotatable bonds is 16. The molecule has 0 saturated heterocycles. The Bertz CT molecular complexity index is 1180. The van der Waals surface area contributed by atoms with Crippen LogP contribution in [0.4, 0.5) is 0 Å². The van der Waals surface area contributed by atoms with Crippen molar-refractivity contribution in [2.75, 3.05) is 27.3 Å². The number of nitrogens with zero attached hydrogens (tertiary/aromatic N) is 1. The van der Waals surface area contributed by atoms with E-state index in [0.717, 1.165) is 61.5 Å². The highest BCUT2D eigenvalue weighted by Crippen LogP contribution is 2.15. The number of unbranched alkanes of at least 4 members (excludes halogenated alkanes) is 1. The molecule has 0 amide bonds. The molecule has 0 heterocycles. The average molecular weight is 566 g/mol. The van der Waals surface area contributed by atoms with E-state index in [-0.39, 0.29) is 18.0 Å². The van der Waals surface area contributed by atoms with Gasteiger partial charge in [-0.3, -0.25) is 9.69 Å². The predicted molar refractivity (Wildman–Crippen MR) is 158 cm³/mol. The van der Waals surface area contributed by atoms with Gasteiger partial charge in [-0.25, -0.2) is 4.79 Å². The Balaban J connectivity index is 1.50. The molecule has 0 spiro atoms. The third-order valence-corrected chi connectivity index (χ3v) is 7.05. The number of aryl methyl sites for hydroxylation is 2. The van der Waals surface area contributed by atoms with E-state index in [1.807, 2.05) is 24.3 Å². The van der Waals surface area contributed by atoms with Crippen molar-refractivity contribution in [1.29, 1.82) is 0 Å². The lowest BCUT2D eigenvalue weighted by Crippen LogP contribution is -2.33.